The minimum absolute atomic E-state index is 0.412. The van der Waals surface area contributed by atoms with Crippen LogP contribution in [0, 0.1) is 6.92 Å². The fourth-order valence-electron chi connectivity index (χ4n) is 1.86. The summed E-state index contributed by atoms with van der Waals surface area (Å²) in [5.41, 5.74) is 1.56. The summed E-state index contributed by atoms with van der Waals surface area (Å²) in [6.07, 6.45) is 1.62. The highest BCUT2D eigenvalue weighted by Gasteiger charge is 2.11. The summed E-state index contributed by atoms with van der Waals surface area (Å²) in [5, 5.41) is 3.08. The molecule has 2 aromatic rings. The molecule has 0 aliphatic rings. The quantitative estimate of drug-likeness (QED) is 0.653. The van der Waals surface area contributed by atoms with Crippen molar-refractivity contribution in [3.05, 3.63) is 53.7 Å². The number of nitrogens with one attached hydrogen (secondary N) is 1. The lowest BCUT2D eigenvalue weighted by Gasteiger charge is -2.10. The summed E-state index contributed by atoms with van der Waals surface area (Å²) in [7, 11) is 1.35. The van der Waals surface area contributed by atoms with Crippen LogP contribution in [0.5, 0.6) is 5.75 Å². The maximum absolute atomic E-state index is 11.6. The smallest absolute Gasteiger partial charge is 0.341 e. The zero-order valence-electron chi connectivity index (χ0n) is 12.1. The molecular formula is C16H18N2O3. The van der Waals surface area contributed by atoms with Crippen molar-refractivity contribution < 1.29 is 14.3 Å². The largest absolute Gasteiger partial charge is 0.492 e. The van der Waals surface area contributed by atoms with Gasteiger partial charge in [0.05, 0.1) is 13.7 Å². The van der Waals surface area contributed by atoms with Crippen LogP contribution < -0.4 is 10.1 Å². The van der Waals surface area contributed by atoms with E-state index >= 15 is 0 Å². The zero-order chi connectivity index (χ0) is 15.1. The number of pyridine rings is 1. The van der Waals surface area contributed by atoms with Gasteiger partial charge in [-0.3, -0.25) is 0 Å². The second-order valence-corrected chi connectivity index (χ2v) is 4.48. The summed E-state index contributed by atoms with van der Waals surface area (Å²) in [4.78, 5) is 15.7. The van der Waals surface area contributed by atoms with E-state index in [2.05, 4.69) is 10.3 Å². The number of carbonyl (C=O) groups excluding carboxylic acids is 1. The second kappa shape index (κ2) is 7.28. The van der Waals surface area contributed by atoms with E-state index in [-0.39, 0.29) is 0 Å². The van der Waals surface area contributed by atoms with E-state index in [0.717, 1.165) is 11.3 Å². The average molecular weight is 286 g/mol. The van der Waals surface area contributed by atoms with Crippen LogP contribution >= 0.6 is 0 Å². The van der Waals surface area contributed by atoms with Crippen LogP contribution in [-0.4, -0.2) is 31.2 Å². The van der Waals surface area contributed by atoms with Crippen molar-refractivity contribution in [3.8, 4) is 5.75 Å². The first-order valence-corrected chi connectivity index (χ1v) is 6.67. The van der Waals surface area contributed by atoms with Crippen LogP contribution in [0.4, 0.5) is 5.82 Å². The maximum Gasteiger partial charge on any atom is 0.341 e. The van der Waals surface area contributed by atoms with Crippen molar-refractivity contribution in [1.29, 1.82) is 0 Å². The Morgan fingerprint density at radius 3 is 2.90 bits per heavy atom. The van der Waals surface area contributed by atoms with E-state index in [9.17, 15) is 4.79 Å². The second-order valence-electron chi connectivity index (χ2n) is 4.48. The molecule has 0 saturated carbocycles. The molecule has 0 aliphatic carbocycles. The number of anilines is 1. The van der Waals surface area contributed by atoms with Crippen LogP contribution in [0.2, 0.25) is 0 Å². The molecular weight excluding hydrogens is 268 g/mol. The lowest BCUT2D eigenvalue weighted by atomic mass is 10.2. The maximum atomic E-state index is 11.6. The molecule has 0 fully saturated rings. The van der Waals surface area contributed by atoms with Gasteiger partial charge < -0.3 is 14.8 Å². The molecule has 1 N–H and O–H groups in total. The highest BCUT2D eigenvalue weighted by molar-refractivity contribution is 5.94. The van der Waals surface area contributed by atoms with Gasteiger partial charge in [-0.05, 0) is 36.8 Å². The van der Waals surface area contributed by atoms with Crippen LogP contribution in [0.3, 0.4) is 0 Å². The van der Waals surface area contributed by atoms with Gasteiger partial charge in [0.2, 0.25) is 0 Å². The molecule has 0 atom stereocenters. The topological polar surface area (TPSA) is 60.5 Å². The normalized spacial score (nSPS) is 10.0. The van der Waals surface area contributed by atoms with Gasteiger partial charge in [0.15, 0.2) is 0 Å². The van der Waals surface area contributed by atoms with Gasteiger partial charge in [-0.25, -0.2) is 9.78 Å². The molecule has 0 bridgehead atoms. The summed E-state index contributed by atoms with van der Waals surface area (Å²) >= 11 is 0. The average Bonchev–Trinajstić information content (AvgIpc) is 2.51. The van der Waals surface area contributed by atoms with Crippen LogP contribution in [0.1, 0.15) is 15.9 Å². The number of methoxy groups -OCH3 is 1. The highest BCUT2D eigenvalue weighted by Crippen LogP contribution is 2.14. The summed E-state index contributed by atoms with van der Waals surface area (Å²) < 4.78 is 10.3. The van der Waals surface area contributed by atoms with Gasteiger partial charge in [0.1, 0.15) is 23.7 Å². The first kappa shape index (κ1) is 14.8. The lowest BCUT2D eigenvalue weighted by molar-refractivity contribution is 0.0601. The Hall–Kier alpha value is -2.56. The third-order valence-corrected chi connectivity index (χ3v) is 2.87. The van der Waals surface area contributed by atoms with Gasteiger partial charge in [0.25, 0.3) is 0 Å². The number of esters is 1. The van der Waals surface area contributed by atoms with E-state index in [1.54, 1.807) is 18.3 Å². The summed E-state index contributed by atoms with van der Waals surface area (Å²) in [6, 6.07) is 11.2. The van der Waals surface area contributed by atoms with E-state index in [1.165, 1.54) is 7.11 Å². The fourth-order valence-corrected chi connectivity index (χ4v) is 1.86. The minimum Gasteiger partial charge on any atom is -0.492 e. The van der Waals surface area contributed by atoms with E-state index < -0.39 is 5.97 Å². The van der Waals surface area contributed by atoms with Crippen molar-refractivity contribution >= 4 is 11.8 Å². The van der Waals surface area contributed by atoms with E-state index in [0.29, 0.717) is 24.5 Å². The Bertz CT molecular complexity index is 614. The number of nitrogens with zero attached hydrogens (tertiary/aromatic N) is 1. The van der Waals surface area contributed by atoms with Gasteiger partial charge in [-0.1, -0.05) is 12.1 Å². The van der Waals surface area contributed by atoms with Gasteiger partial charge in [-0.2, -0.15) is 0 Å². The molecule has 1 aromatic heterocycles. The Morgan fingerprint density at radius 2 is 2.14 bits per heavy atom. The van der Waals surface area contributed by atoms with Gasteiger partial charge in [0, 0.05) is 6.20 Å². The first-order chi connectivity index (χ1) is 10.2. The number of ether oxygens (including phenoxy) is 2. The predicted octanol–water partition coefficient (Wildman–Crippen LogP) is 2.67. The molecule has 0 amide bonds. The Balaban J connectivity index is 1.88. The Morgan fingerprint density at radius 1 is 1.29 bits per heavy atom. The number of hydrogen-bond donors (Lipinski definition) is 1. The third kappa shape index (κ3) is 4.21. The lowest BCUT2D eigenvalue weighted by Crippen LogP contribution is -2.15. The van der Waals surface area contributed by atoms with Crippen LogP contribution in [-0.2, 0) is 4.74 Å². The SMILES string of the molecule is COC(=O)c1cccnc1NCCOc1cccc(C)c1. The van der Waals surface area contributed by atoms with Crippen molar-refractivity contribution in [2.75, 3.05) is 25.6 Å². The Labute approximate surface area is 123 Å². The predicted molar refractivity (Wildman–Crippen MR) is 80.7 cm³/mol. The number of benzene rings is 1. The van der Waals surface area contributed by atoms with Crippen LogP contribution in [0.25, 0.3) is 0 Å². The number of hydrogen-bond acceptors (Lipinski definition) is 5. The van der Waals surface area contributed by atoms with Crippen molar-refractivity contribution in [3.63, 3.8) is 0 Å². The minimum atomic E-state index is -0.412. The van der Waals surface area contributed by atoms with E-state index in [4.69, 9.17) is 9.47 Å². The molecule has 1 aromatic carbocycles. The first-order valence-electron chi connectivity index (χ1n) is 6.67. The molecule has 5 heteroatoms. The molecule has 0 radical (unpaired) electrons. The molecule has 0 aliphatic heterocycles. The van der Waals surface area contributed by atoms with Crippen molar-refractivity contribution in [2.24, 2.45) is 0 Å². The molecule has 1 heterocycles. The molecule has 0 saturated heterocycles. The fraction of sp³-hybridized carbons (Fsp3) is 0.250. The highest BCUT2D eigenvalue weighted by atomic mass is 16.5. The molecule has 21 heavy (non-hydrogen) atoms. The van der Waals surface area contributed by atoms with Crippen molar-refractivity contribution in [1.82, 2.24) is 4.98 Å². The van der Waals surface area contributed by atoms with E-state index in [1.807, 2.05) is 31.2 Å². The number of carbonyl (C=O) groups is 1. The zero-order valence-corrected chi connectivity index (χ0v) is 12.1. The molecule has 5 nitrogen and oxygen atoms in total. The molecule has 0 spiro atoms. The number of rotatable bonds is 6. The number of aryl methyl sites for hydroxylation is 1. The molecule has 110 valence electrons. The van der Waals surface area contributed by atoms with Gasteiger partial charge >= 0.3 is 5.97 Å². The molecule has 2 rings (SSSR count). The number of aromatic nitrogens is 1. The van der Waals surface area contributed by atoms with Crippen molar-refractivity contribution in [2.45, 2.75) is 6.92 Å². The standard InChI is InChI=1S/C16H18N2O3/c1-12-5-3-6-13(11-12)21-10-9-18-15-14(16(19)20-2)7-4-8-17-15/h3-8,11H,9-10H2,1-2H3,(H,17,18). The third-order valence-electron chi connectivity index (χ3n) is 2.87. The summed E-state index contributed by atoms with van der Waals surface area (Å²) in [6.45, 7) is 3.03. The Kier molecular flexibility index (Phi) is 5.15. The van der Waals surface area contributed by atoms with Gasteiger partial charge in [-0.15, -0.1) is 0 Å². The van der Waals surface area contributed by atoms with Crippen LogP contribution in [0.15, 0.2) is 42.6 Å². The molecule has 0 unspecified atom stereocenters. The monoisotopic (exact) mass is 286 g/mol. The summed E-state index contributed by atoms with van der Waals surface area (Å²) in [5.74, 6) is 0.911.